The van der Waals surface area contributed by atoms with Gasteiger partial charge in [-0.15, -0.1) is 0 Å². The Labute approximate surface area is 97.0 Å². The third kappa shape index (κ3) is 2.01. The van der Waals surface area contributed by atoms with Crippen LogP contribution in [0.1, 0.15) is 17.5 Å². The normalized spacial score (nSPS) is 19.3. The van der Waals surface area contributed by atoms with E-state index >= 15 is 0 Å². The molecule has 92 valence electrons. The predicted octanol–water partition coefficient (Wildman–Crippen LogP) is 2.66. The second-order valence-electron chi connectivity index (χ2n) is 4.17. The maximum Gasteiger partial charge on any atom is 0.416 e. The van der Waals surface area contributed by atoms with E-state index in [4.69, 9.17) is 0 Å². The van der Waals surface area contributed by atoms with Gasteiger partial charge in [0.25, 0.3) is 0 Å². The number of aldehydes is 1. The van der Waals surface area contributed by atoms with Gasteiger partial charge in [0.15, 0.2) is 0 Å². The van der Waals surface area contributed by atoms with E-state index in [1.54, 1.807) is 18.0 Å². The Kier molecular flexibility index (Phi) is 2.85. The van der Waals surface area contributed by atoms with Crippen LogP contribution in [0.25, 0.3) is 0 Å². The van der Waals surface area contributed by atoms with Crippen LogP contribution in [0, 0.1) is 0 Å². The minimum absolute atomic E-state index is 0.161. The number of benzene rings is 1. The summed E-state index contributed by atoms with van der Waals surface area (Å²) < 4.78 is 38.4. The van der Waals surface area contributed by atoms with E-state index in [2.05, 4.69) is 0 Å². The molecule has 0 N–H and O–H groups in total. The van der Waals surface area contributed by atoms with Crippen molar-refractivity contribution in [2.24, 2.45) is 0 Å². The number of alkyl halides is 3. The number of carbonyl (C=O) groups is 1. The van der Waals surface area contributed by atoms with Gasteiger partial charge in [0.1, 0.15) is 6.29 Å². The molecule has 1 unspecified atom stereocenters. The third-order valence-electron chi connectivity index (χ3n) is 3.19. The van der Waals surface area contributed by atoms with Gasteiger partial charge in [-0.3, -0.25) is 0 Å². The molecule has 1 heterocycles. The van der Waals surface area contributed by atoms with Gasteiger partial charge < -0.3 is 9.69 Å². The number of fused-ring (bicyclic) bond motifs is 1. The lowest BCUT2D eigenvalue weighted by Crippen LogP contribution is -2.27. The van der Waals surface area contributed by atoms with Gasteiger partial charge in [0.2, 0.25) is 0 Å². The second kappa shape index (κ2) is 4.05. The lowest BCUT2D eigenvalue weighted by Gasteiger charge is -2.20. The first-order valence-corrected chi connectivity index (χ1v) is 5.30. The third-order valence-corrected chi connectivity index (χ3v) is 3.19. The average molecular weight is 243 g/mol. The molecule has 0 amide bonds. The molecule has 1 aliphatic heterocycles. The zero-order valence-electron chi connectivity index (χ0n) is 9.29. The Bertz CT molecular complexity index is 442. The average Bonchev–Trinajstić information content (AvgIpc) is 2.55. The van der Waals surface area contributed by atoms with Crippen molar-refractivity contribution in [3.63, 3.8) is 0 Å². The molecule has 1 aliphatic rings. The molecule has 2 rings (SSSR count). The van der Waals surface area contributed by atoms with Crippen LogP contribution in [-0.2, 0) is 17.4 Å². The quantitative estimate of drug-likeness (QED) is 0.744. The number of hydrogen-bond acceptors (Lipinski definition) is 2. The number of rotatable bonds is 2. The van der Waals surface area contributed by atoms with E-state index in [1.807, 2.05) is 0 Å². The van der Waals surface area contributed by atoms with E-state index in [9.17, 15) is 18.0 Å². The van der Waals surface area contributed by atoms with E-state index < -0.39 is 11.7 Å². The van der Waals surface area contributed by atoms with E-state index in [1.165, 1.54) is 6.07 Å². The molecule has 5 heteroatoms. The van der Waals surface area contributed by atoms with Crippen LogP contribution < -0.4 is 4.90 Å². The summed E-state index contributed by atoms with van der Waals surface area (Å²) in [5, 5.41) is 0. The van der Waals surface area contributed by atoms with Crippen LogP contribution in [0.5, 0.6) is 0 Å². The first kappa shape index (κ1) is 12.0. The zero-order valence-corrected chi connectivity index (χ0v) is 9.29. The first-order valence-electron chi connectivity index (χ1n) is 5.30. The van der Waals surface area contributed by atoms with Crippen molar-refractivity contribution in [2.45, 2.75) is 25.1 Å². The molecular weight excluding hydrogens is 231 g/mol. The van der Waals surface area contributed by atoms with Crippen LogP contribution in [0.3, 0.4) is 0 Å². The fourth-order valence-electron chi connectivity index (χ4n) is 2.31. The number of halogens is 3. The molecule has 0 aromatic heterocycles. The van der Waals surface area contributed by atoms with Gasteiger partial charge in [0.05, 0.1) is 5.56 Å². The Morgan fingerprint density at radius 3 is 2.76 bits per heavy atom. The molecule has 0 fully saturated rings. The Morgan fingerprint density at radius 1 is 1.47 bits per heavy atom. The van der Waals surface area contributed by atoms with Crippen LogP contribution in [0.2, 0.25) is 0 Å². The van der Waals surface area contributed by atoms with Gasteiger partial charge in [0, 0.05) is 25.2 Å². The van der Waals surface area contributed by atoms with Crippen molar-refractivity contribution >= 4 is 12.0 Å². The molecule has 1 aromatic carbocycles. The highest BCUT2D eigenvalue weighted by Gasteiger charge is 2.38. The van der Waals surface area contributed by atoms with Crippen molar-refractivity contribution in [1.82, 2.24) is 0 Å². The van der Waals surface area contributed by atoms with Gasteiger partial charge in [-0.2, -0.15) is 13.2 Å². The summed E-state index contributed by atoms with van der Waals surface area (Å²) in [5.74, 6) is 0. The Hall–Kier alpha value is -1.52. The van der Waals surface area contributed by atoms with Gasteiger partial charge in [-0.25, -0.2) is 0 Å². The molecular formula is C12H12F3NO. The number of likely N-dealkylation sites (N-methyl/N-ethyl adjacent to an activating group) is 1. The predicted molar refractivity (Wildman–Crippen MR) is 58.0 cm³/mol. The van der Waals surface area contributed by atoms with Crippen molar-refractivity contribution in [3.8, 4) is 0 Å². The minimum Gasteiger partial charge on any atom is -0.371 e. The molecule has 0 spiro atoms. The van der Waals surface area contributed by atoms with Crippen LogP contribution in [0.15, 0.2) is 18.2 Å². The summed E-state index contributed by atoms with van der Waals surface area (Å²) in [6.07, 6.45) is -3.05. The standard InChI is InChI=1S/C12H12F3NO/c1-16-8(5-6-17)7-9-10(12(13,14)15)3-2-4-11(9)16/h2-4,6,8H,5,7H2,1H3. The fraction of sp³-hybridized carbons (Fsp3) is 0.417. The monoisotopic (exact) mass is 243 g/mol. The van der Waals surface area contributed by atoms with Gasteiger partial charge in [-0.1, -0.05) is 6.07 Å². The molecule has 0 saturated carbocycles. The van der Waals surface area contributed by atoms with Crippen molar-refractivity contribution in [1.29, 1.82) is 0 Å². The minimum atomic E-state index is -4.33. The Balaban J connectivity index is 2.43. The van der Waals surface area contributed by atoms with Gasteiger partial charge in [-0.05, 0) is 24.1 Å². The largest absolute Gasteiger partial charge is 0.416 e. The molecule has 0 saturated heterocycles. The highest BCUT2D eigenvalue weighted by molar-refractivity contribution is 5.64. The summed E-state index contributed by atoms with van der Waals surface area (Å²) >= 11 is 0. The summed E-state index contributed by atoms with van der Waals surface area (Å²) in [5.41, 5.74) is 0.288. The summed E-state index contributed by atoms with van der Waals surface area (Å²) in [6.45, 7) is 0. The maximum atomic E-state index is 12.8. The molecule has 1 aromatic rings. The molecule has 0 aliphatic carbocycles. The van der Waals surface area contributed by atoms with Crippen molar-refractivity contribution < 1.29 is 18.0 Å². The zero-order chi connectivity index (χ0) is 12.6. The lowest BCUT2D eigenvalue weighted by atomic mass is 10.0. The first-order chi connectivity index (χ1) is 7.95. The number of hydrogen-bond donors (Lipinski definition) is 0. The van der Waals surface area contributed by atoms with Crippen LogP contribution >= 0.6 is 0 Å². The highest BCUT2D eigenvalue weighted by Crippen LogP contribution is 2.41. The number of carbonyl (C=O) groups excluding carboxylic acids is 1. The smallest absolute Gasteiger partial charge is 0.371 e. The van der Waals surface area contributed by atoms with E-state index in [0.29, 0.717) is 11.3 Å². The van der Waals surface area contributed by atoms with Crippen molar-refractivity contribution in [3.05, 3.63) is 29.3 Å². The highest BCUT2D eigenvalue weighted by atomic mass is 19.4. The number of anilines is 1. The van der Waals surface area contributed by atoms with Gasteiger partial charge >= 0.3 is 6.18 Å². The number of nitrogens with zero attached hydrogens (tertiary/aromatic N) is 1. The Morgan fingerprint density at radius 2 is 2.18 bits per heavy atom. The maximum absolute atomic E-state index is 12.8. The topological polar surface area (TPSA) is 20.3 Å². The summed E-state index contributed by atoms with van der Waals surface area (Å²) in [4.78, 5) is 12.2. The lowest BCUT2D eigenvalue weighted by molar-refractivity contribution is -0.138. The van der Waals surface area contributed by atoms with Crippen LogP contribution in [0.4, 0.5) is 18.9 Å². The molecule has 0 bridgehead atoms. The summed E-state index contributed by atoms with van der Waals surface area (Å²) in [6, 6.07) is 4.00. The molecule has 0 radical (unpaired) electrons. The van der Waals surface area contributed by atoms with Crippen LogP contribution in [-0.4, -0.2) is 19.4 Å². The molecule has 1 atom stereocenters. The van der Waals surface area contributed by atoms with Crippen molar-refractivity contribution in [2.75, 3.05) is 11.9 Å². The molecule has 17 heavy (non-hydrogen) atoms. The second-order valence-corrected chi connectivity index (χ2v) is 4.17. The SMILES string of the molecule is CN1c2cccc(C(F)(F)F)c2CC1CC=O. The van der Waals surface area contributed by atoms with E-state index in [0.717, 1.165) is 12.4 Å². The molecule has 2 nitrogen and oxygen atoms in total. The van der Waals surface area contributed by atoms with E-state index in [-0.39, 0.29) is 18.9 Å². The summed E-state index contributed by atoms with van der Waals surface area (Å²) in [7, 11) is 1.72. The fourth-order valence-corrected chi connectivity index (χ4v) is 2.31.